The van der Waals surface area contributed by atoms with Crippen LogP contribution in [0.4, 0.5) is 11.4 Å². The number of benzene rings is 1. The monoisotopic (exact) mass is 268 g/mol. The first-order chi connectivity index (χ1) is 8.58. The molecule has 2 rings (SSSR count). The van der Waals surface area contributed by atoms with Crippen molar-refractivity contribution in [2.75, 3.05) is 24.3 Å². The predicted octanol–water partition coefficient (Wildman–Crippen LogP) is 3.46. The Morgan fingerprint density at radius 3 is 2.72 bits per heavy atom. The molecule has 1 aromatic rings. The van der Waals surface area contributed by atoms with E-state index in [2.05, 4.69) is 12.2 Å². The Kier molecular flexibility index (Phi) is 4.36. The molecule has 0 amide bonds. The third-order valence-corrected chi connectivity index (χ3v) is 4.03. The van der Waals surface area contributed by atoms with Crippen LogP contribution in [0.25, 0.3) is 0 Å². The zero-order chi connectivity index (χ0) is 13.1. The van der Waals surface area contributed by atoms with Gasteiger partial charge in [0.25, 0.3) is 0 Å². The van der Waals surface area contributed by atoms with Gasteiger partial charge in [0.2, 0.25) is 0 Å². The zero-order valence-corrected chi connectivity index (χ0v) is 11.8. The molecule has 1 unspecified atom stereocenters. The van der Waals surface area contributed by atoms with E-state index in [0.29, 0.717) is 22.7 Å². The number of hydrogen-bond donors (Lipinski definition) is 2. The molecule has 0 aliphatic carbocycles. The molecule has 0 radical (unpaired) electrons. The predicted molar refractivity (Wildman–Crippen MR) is 77.2 cm³/mol. The van der Waals surface area contributed by atoms with E-state index in [1.807, 2.05) is 19.1 Å². The number of nitrogen functional groups attached to an aromatic ring is 1. The Morgan fingerprint density at radius 2 is 2.06 bits per heavy atom. The normalized spacial score (nSPS) is 18.6. The maximum Gasteiger partial charge on any atom is 0.0656 e. The van der Waals surface area contributed by atoms with Crippen molar-refractivity contribution in [2.24, 2.45) is 5.92 Å². The van der Waals surface area contributed by atoms with Crippen molar-refractivity contribution in [3.8, 4) is 0 Å². The zero-order valence-electron chi connectivity index (χ0n) is 11.0. The number of anilines is 2. The molecule has 1 heterocycles. The number of hydrogen-bond acceptors (Lipinski definition) is 3. The van der Waals surface area contributed by atoms with Crippen LogP contribution < -0.4 is 11.1 Å². The largest absolute Gasteiger partial charge is 0.398 e. The quantitative estimate of drug-likeness (QED) is 0.826. The molecule has 1 aliphatic rings. The van der Waals surface area contributed by atoms with Gasteiger partial charge in [-0.3, -0.25) is 0 Å². The number of rotatable bonds is 3. The summed E-state index contributed by atoms with van der Waals surface area (Å²) < 4.78 is 5.39. The van der Waals surface area contributed by atoms with Crippen LogP contribution in [0.5, 0.6) is 0 Å². The molecule has 1 fully saturated rings. The van der Waals surface area contributed by atoms with Crippen molar-refractivity contribution < 1.29 is 4.74 Å². The third kappa shape index (κ3) is 3.09. The molecule has 1 saturated heterocycles. The third-order valence-electron chi connectivity index (χ3n) is 3.70. The number of ether oxygens (including phenoxy) is 1. The van der Waals surface area contributed by atoms with Crippen molar-refractivity contribution in [3.63, 3.8) is 0 Å². The smallest absolute Gasteiger partial charge is 0.0656 e. The van der Waals surface area contributed by atoms with Crippen molar-refractivity contribution in [2.45, 2.75) is 32.7 Å². The van der Waals surface area contributed by atoms with E-state index in [9.17, 15) is 0 Å². The lowest BCUT2D eigenvalue weighted by Crippen LogP contribution is -2.31. The Morgan fingerprint density at radius 1 is 1.39 bits per heavy atom. The maximum atomic E-state index is 6.07. The second-order valence-corrected chi connectivity index (χ2v) is 5.48. The number of aryl methyl sites for hydroxylation is 1. The summed E-state index contributed by atoms with van der Waals surface area (Å²) in [5, 5.41) is 4.17. The Labute approximate surface area is 114 Å². The van der Waals surface area contributed by atoms with E-state index in [0.717, 1.165) is 37.3 Å². The molecule has 0 aromatic heterocycles. The fraction of sp³-hybridized carbons (Fsp3) is 0.571. The summed E-state index contributed by atoms with van der Waals surface area (Å²) in [6, 6.07) is 4.26. The fourth-order valence-corrected chi connectivity index (χ4v) is 2.60. The topological polar surface area (TPSA) is 47.3 Å². The summed E-state index contributed by atoms with van der Waals surface area (Å²) >= 11 is 6.07. The van der Waals surface area contributed by atoms with Crippen LogP contribution in [0.15, 0.2) is 12.1 Å². The standard InChI is InChI=1S/C14H21ClN2O/c1-9-7-13(16)12(15)8-14(9)17-10(2)11-3-5-18-6-4-11/h7-8,10-11,17H,3-6,16H2,1-2H3. The molecule has 4 heteroatoms. The van der Waals surface area contributed by atoms with E-state index >= 15 is 0 Å². The van der Waals surface area contributed by atoms with Gasteiger partial charge in [-0.25, -0.2) is 0 Å². The highest BCUT2D eigenvalue weighted by Crippen LogP contribution is 2.29. The molecule has 3 N–H and O–H groups in total. The van der Waals surface area contributed by atoms with Gasteiger partial charge < -0.3 is 15.8 Å². The molecular weight excluding hydrogens is 248 g/mol. The second-order valence-electron chi connectivity index (χ2n) is 5.07. The number of halogens is 1. The first-order valence-electron chi connectivity index (χ1n) is 6.48. The second kappa shape index (κ2) is 5.81. The highest BCUT2D eigenvalue weighted by Gasteiger charge is 2.20. The summed E-state index contributed by atoms with van der Waals surface area (Å²) in [5.74, 6) is 0.662. The Balaban J connectivity index is 2.06. The van der Waals surface area contributed by atoms with Gasteiger partial charge in [-0.15, -0.1) is 0 Å². The van der Waals surface area contributed by atoms with Crippen molar-refractivity contribution in [3.05, 3.63) is 22.7 Å². The van der Waals surface area contributed by atoms with Crippen LogP contribution in [0.1, 0.15) is 25.3 Å². The van der Waals surface area contributed by atoms with Crippen molar-refractivity contribution in [1.82, 2.24) is 0 Å². The lowest BCUT2D eigenvalue weighted by Gasteiger charge is -2.29. The van der Waals surface area contributed by atoms with Crippen LogP contribution in [0.2, 0.25) is 5.02 Å². The average molecular weight is 269 g/mol. The highest BCUT2D eigenvalue weighted by molar-refractivity contribution is 6.33. The minimum Gasteiger partial charge on any atom is -0.398 e. The Hall–Kier alpha value is -0.930. The van der Waals surface area contributed by atoms with Crippen LogP contribution in [-0.4, -0.2) is 19.3 Å². The van der Waals surface area contributed by atoms with Crippen molar-refractivity contribution in [1.29, 1.82) is 0 Å². The molecule has 1 aliphatic heterocycles. The van der Waals surface area contributed by atoms with Gasteiger partial charge in [-0.2, -0.15) is 0 Å². The highest BCUT2D eigenvalue weighted by atomic mass is 35.5. The molecule has 0 saturated carbocycles. The molecule has 18 heavy (non-hydrogen) atoms. The summed E-state index contributed by atoms with van der Waals surface area (Å²) in [5.41, 5.74) is 8.64. The number of nitrogens with two attached hydrogens (primary N) is 1. The van der Waals surface area contributed by atoms with Gasteiger partial charge in [-0.05, 0) is 50.3 Å². The van der Waals surface area contributed by atoms with Gasteiger partial charge in [-0.1, -0.05) is 11.6 Å². The molecule has 3 nitrogen and oxygen atoms in total. The molecule has 1 atom stereocenters. The molecule has 1 aromatic carbocycles. The van der Waals surface area contributed by atoms with Crippen molar-refractivity contribution >= 4 is 23.0 Å². The van der Waals surface area contributed by atoms with Gasteiger partial charge in [0.15, 0.2) is 0 Å². The SMILES string of the molecule is Cc1cc(N)c(Cl)cc1NC(C)C1CCOCC1. The van der Waals surface area contributed by atoms with Crippen LogP contribution in [0, 0.1) is 12.8 Å². The van der Waals surface area contributed by atoms with E-state index < -0.39 is 0 Å². The first-order valence-corrected chi connectivity index (χ1v) is 6.85. The summed E-state index contributed by atoms with van der Waals surface area (Å²) in [6.45, 7) is 6.02. The molecule has 0 bridgehead atoms. The van der Waals surface area contributed by atoms with Gasteiger partial charge in [0.05, 0.1) is 10.7 Å². The van der Waals surface area contributed by atoms with Crippen LogP contribution in [-0.2, 0) is 4.74 Å². The summed E-state index contributed by atoms with van der Waals surface area (Å²) in [6.07, 6.45) is 2.24. The summed E-state index contributed by atoms with van der Waals surface area (Å²) in [4.78, 5) is 0. The van der Waals surface area contributed by atoms with Gasteiger partial charge in [0.1, 0.15) is 0 Å². The lowest BCUT2D eigenvalue weighted by atomic mass is 9.92. The van der Waals surface area contributed by atoms with Gasteiger partial charge in [0, 0.05) is 24.9 Å². The minimum atomic E-state index is 0.423. The van der Waals surface area contributed by atoms with Crippen LogP contribution >= 0.6 is 11.6 Å². The van der Waals surface area contributed by atoms with E-state index in [-0.39, 0.29) is 0 Å². The Bertz CT molecular complexity index is 417. The number of nitrogens with one attached hydrogen (secondary N) is 1. The molecule has 0 spiro atoms. The fourth-order valence-electron chi connectivity index (χ4n) is 2.44. The maximum absolute atomic E-state index is 6.07. The van der Waals surface area contributed by atoms with E-state index in [4.69, 9.17) is 22.1 Å². The van der Waals surface area contributed by atoms with E-state index in [1.165, 1.54) is 0 Å². The summed E-state index contributed by atoms with van der Waals surface area (Å²) in [7, 11) is 0. The van der Waals surface area contributed by atoms with Crippen LogP contribution in [0.3, 0.4) is 0 Å². The average Bonchev–Trinajstić information content (AvgIpc) is 2.37. The molecule has 100 valence electrons. The van der Waals surface area contributed by atoms with Gasteiger partial charge >= 0.3 is 0 Å². The van der Waals surface area contributed by atoms with E-state index in [1.54, 1.807) is 0 Å². The first kappa shape index (κ1) is 13.5. The minimum absolute atomic E-state index is 0.423. The lowest BCUT2D eigenvalue weighted by molar-refractivity contribution is 0.0622. The molecular formula is C14H21ClN2O.